The molecule has 2 fully saturated rings. The first-order chi connectivity index (χ1) is 9.10. The van der Waals surface area contributed by atoms with Crippen LogP contribution in [0.5, 0.6) is 0 Å². The molecule has 0 amide bonds. The Bertz CT molecular complexity index is 439. The SMILES string of the molecule is CC(C)N1C2CCC1CN(S(=O)(=O)CC(C)(C)C)CC2. The highest BCUT2D eigenvalue weighted by molar-refractivity contribution is 7.89. The summed E-state index contributed by atoms with van der Waals surface area (Å²) in [6.45, 7) is 11.8. The molecule has 2 unspecified atom stereocenters. The van der Waals surface area contributed by atoms with Gasteiger partial charge in [-0.15, -0.1) is 0 Å². The number of sulfonamides is 1. The van der Waals surface area contributed by atoms with E-state index in [4.69, 9.17) is 0 Å². The quantitative estimate of drug-likeness (QED) is 0.803. The topological polar surface area (TPSA) is 40.6 Å². The van der Waals surface area contributed by atoms with Gasteiger partial charge < -0.3 is 0 Å². The van der Waals surface area contributed by atoms with Gasteiger partial charge in [-0.2, -0.15) is 0 Å². The van der Waals surface area contributed by atoms with Crippen LogP contribution in [0.3, 0.4) is 0 Å². The first-order valence-electron chi connectivity index (χ1n) is 7.85. The second kappa shape index (κ2) is 5.58. The second-order valence-corrected chi connectivity index (χ2v) is 9.86. The van der Waals surface area contributed by atoms with Gasteiger partial charge in [0.25, 0.3) is 0 Å². The summed E-state index contributed by atoms with van der Waals surface area (Å²) in [5.41, 5.74) is -0.179. The van der Waals surface area contributed by atoms with Crippen molar-refractivity contribution < 1.29 is 8.42 Å². The minimum atomic E-state index is -3.13. The largest absolute Gasteiger partial charge is 0.294 e. The molecule has 2 aliphatic heterocycles. The normalized spacial score (nSPS) is 29.9. The average molecular weight is 302 g/mol. The van der Waals surface area contributed by atoms with Gasteiger partial charge in [-0.3, -0.25) is 4.90 Å². The van der Waals surface area contributed by atoms with Crippen molar-refractivity contribution in [3.8, 4) is 0 Å². The van der Waals surface area contributed by atoms with Crippen LogP contribution in [0.2, 0.25) is 0 Å². The molecule has 0 aliphatic carbocycles. The highest BCUT2D eigenvalue weighted by Gasteiger charge is 2.41. The maximum absolute atomic E-state index is 12.6. The summed E-state index contributed by atoms with van der Waals surface area (Å²) >= 11 is 0. The van der Waals surface area contributed by atoms with E-state index in [1.54, 1.807) is 4.31 Å². The van der Waals surface area contributed by atoms with Crippen LogP contribution < -0.4 is 0 Å². The van der Waals surface area contributed by atoms with E-state index in [1.165, 1.54) is 6.42 Å². The molecule has 4 nitrogen and oxygen atoms in total. The standard InChI is InChI=1S/C15H30N2O2S/c1-12(2)17-13-6-7-14(17)10-16(9-8-13)20(18,19)11-15(3,4)5/h12-14H,6-11H2,1-5H3. The molecule has 0 aromatic carbocycles. The van der Waals surface area contributed by atoms with Crippen molar-refractivity contribution in [1.82, 2.24) is 9.21 Å². The second-order valence-electron chi connectivity index (χ2n) is 7.89. The number of rotatable bonds is 3. The molecule has 2 saturated heterocycles. The van der Waals surface area contributed by atoms with Crippen molar-refractivity contribution in [2.45, 2.75) is 72.0 Å². The first-order valence-corrected chi connectivity index (χ1v) is 9.46. The van der Waals surface area contributed by atoms with Crippen molar-refractivity contribution >= 4 is 10.0 Å². The predicted octanol–water partition coefficient (Wildman–Crippen LogP) is 2.31. The Morgan fingerprint density at radius 1 is 1.10 bits per heavy atom. The van der Waals surface area contributed by atoms with Crippen molar-refractivity contribution in [1.29, 1.82) is 0 Å². The van der Waals surface area contributed by atoms with Gasteiger partial charge in [0.15, 0.2) is 0 Å². The van der Waals surface area contributed by atoms with E-state index in [-0.39, 0.29) is 11.2 Å². The van der Waals surface area contributed by atoms with Gasteiger partial charge in [0.05, 0.1) is 5.75 Å². The summed E-state index contributed by atoms with van der Waals surface area (Å²) in [6.07, 6.45) is 3.36. The summed E-state index contributed by atoms with van der Waals surface area (Å²) in [5, 5.41) is 0. The van der Waals surface area contributed by atoms with E-state index in [9.17, 15) is 8.42 Å². The molecular formula is C15H30N2O2S. The molecule has 0 aromatic rings. The lowest BCUT2D eigenvalue weighted by atomic mass is 10.0. The molecule has 0 radical (unpaired) electrons. The summed E-state index contributed by atoms with van der Waals surface area (Å²) in [7, 11) is -3.13. The van der Waals surface area contributed by atoms with Crippen molar-refractivity contribution in [2.24, 2.45) is 5.41 Å². The molecule has 0 saturated carbocycles. The average Bonchev–Trinajstić information content (AvgIpc) is 2.48. The Balaban J connectivity index is 2.13. The van der Waals surface area contributed by atoms with Crippen LogP contribution in [0.15, 0.2) is 0 Å². The third kappa shape index (κ3) is 3.55. The van der Waals surface area contributed by atoms with Crippen LogP contribution in [0.25, 0.3) is 0 Å². The molecule has 2 rings (SSSR count). The Kier molecular flexibility index (Phi) is 4.53. The Labute approximate surface area is 124 Å². The summed E-state index contributed by atoms with van der Waals surface area (Å²) < 4.78 is 27.0. The van der Waals surface area contributed by atoms with Gasteiger partial charge in [0.1, 0.15) is 0 Å². The maximum atomic E-state index is 12.6. The molecular weight excluding hydrogens is 272 g/mol. The van der Waals surface area contributed by atoms with Crippen LogP contribution in [0.4, 0.5) is 0 Å². The molecule has 2 bridgehead atoms. The Morgan fingerprint density at radius 3 is 2.25 bits per heavy atom. The number of nitrogens with zero attached hydrogens (tertiary/aromatic N) is 2. The molecule has 0 spiro atoms. The van der Waals surface area contributed by atoms with Crippen molar-refractivity contribution in [2.75, 3.05) is 18.8 Å². The molecule has 20 heavy (non-hydrogen) atoms. The van der Waals surface area contributed by atoms with E-state index in [2.05, 4.69) is 18.7 Å². The monoisotopic (exact) mass is 302 g/mol. The Morgan fingerprint density at radius 2 is 1.70 bits per heavy atom. The van der Waals surface area contributed by atoms with Gasteiger partial charge in [-0.25, -0.2) is 12.7 Å². The fourth-order valence-electron chi connectivity index (χ4n) is 3.81. The van der Waals surface area contributed by atoms with Gasteiger partial charge in [0.2, 0.25) is 10.0 Å². The number of hydrogen-bond acceptors (Lipinski definition) is 3. The zero-order chi connectivity index (χ0) is 15.1. The maximum Gasteiger partial charge on any atom is 0.214 e. The first kappa shape index (κ1) is 16.2. The molecule has 118 valence electrons. The van der Waals surface area contributed by atoms with Gasteiger partial charge >= 0.3 is 0 Å². The molecule has 0 aromatic heterocycles. The fraction of sp³-hybridized carbons (Fsp3) is 1.00. The minimum Gasteiger partial charge on any atom is -0.294 e. The van der Waals surface area contributed by atoms with Crippen LogP contribution >= 0.6 is 0 Å². The highest BCUT2D eigenvalue weighted by Crippen LogP contribution is 2.33. The Hall–Kier alpha value is -0.130. The predicted molar refractivity (Wildman–Crippen MR) is 83.2 cm³/mol. The van der Waals surface area contributed by atoms with E-state index in [0.717, 1.165) is 12.8 Å². The van der Waals surface area contributed by atoms with E-state index in [1.807, 2.05) is 20.8 Å². The summed E-state index contributed by atoms with van der Waals surface area (Å²) in [6, 6.07) is 1.50. The minimum absolute atomic E-state index is 0.179. The van der Waals surface area contributed by atoms with Gasteiger partial charge in [-0.05, 0) is 38.5 Å². The van der Waals surface area contributed by atoms with Crippen molar-refractivity contribution in [3.63, 3.8) is 0 Å². The lowest BCUT2D eigenvalue weighted by molar-refractivity contribution is 0.154. The van der Waals surface area contributed by atoms with Crippen LogP contribution in [-0.4, -0.2) is 54.6 Å². The van der Waals surface area contributed by atoms with Gasteiger partial charge in [-0.1, -0.05) is 20.8 Å². The summed E-state index contributed by atoms with van der Waals surface area (Å²) in [4.78, 5) is 2.55. The van der Waals surface area contributed by atoms with Crippen LogP contribution in [0.1, 0.15) is 53.9 Å². The summed E-state index contributed by atoms with van der Waals surface area (Å²) in [5.74, 6) is 0.249. The smallest absolute Gasteiger partial charge is 0.214 e. The highest BCUT2D eigenvalue weighted by atomic mass is 32.2. The zero-order valence-electron chi connectivity index (χ0n) is 13.6. The van der Waals surface area contributed by atoms with E-state index >= 15 is 0 Å². The molecule has 0 N–H and O–H groups in total. The van der Waals surface area contributed by atoms with Crippen LogP contribution in [0, 0.1) is 5.41 Å². The molecule has 2 aliphatic rings. The molecule has 5 heteroatoms. The van der Waals surface area contributed by atoms with E-state index < -0.39 is 10.0 Å². The molecule has 2 heterocycles. The fourth-order valence-corrected chi connectivity index (χ4v) is 5.87. The van der Waals surface area contributed by atoms with Crippen LogP contribution in [-0.2, 0) is 10.0 Å². The lowest BCUT2D eigenvalue weighted by Crippen LogP contribution is -2.45. The number of fused-ring (bicyclic) bond motifs is 2. The third-order valence-electron chi connectivity index (χ3n) is 4.41. The third-order valence-corrected chi connectivity index (χ3v) is 6.76. The van der Waals surface area contributed by atoms with Crippen molar-refractivity contribution in [3.05, 3.63) is 0 Å². The lowest BCUT2D eigenvalue weighted by Gasteiger charge is -2.32. The van der Waals surface area contributed by atoms with E-state index in [0.29, 0.717) is 31.2 Å². The number of hydrogen-bond donors (Lipinski definition) is 0. The molecule has 2 atom stereocenters. The van der Waals surface area contributed by atoms with Gasteiger partial charge in [0, 0.05) is 31.2 Å². The zero-order valence-corrected chi connectivity index (χ0v) is 14.4.